The number of rotatable bonds is 4. The Kier molecular flexibility index (Phi) is 4.99. The van der Waals surface area contributed by atoms with Gasteiger partial charge in [0, 0.05) is 24.6 Å². The fraction of sp³-hybridized carbons (Fsp3) is 0.300. The molecule has 0 amide bonds. The van der Waals surface area contributed by atoms with Gasteiger partial charge in [0.25, 0.3) is 0 Å². The van der Waals surface area contributed by atoms with Gasteiger partial charge in [-0.3, -0.25) is 5.10 Å². The number of piperidine rings is 1. The van der Waals surface area contributed by atoms with Crippen molar-refractivity contribution in [3.05, 3.63) is 65.7 Å². The number of sulfonamides is 1. The van der Waals surface area contributed by atoms with E-state index in [4.69, 9.17) is 0 Å². The summed E-state index contributed by atoms with van der Waals surface area (Å²) >= 11 is 0. The highest BCUT2D eigenvalue weighted by molar-refractivity contribution is 7.89. The number of aromatic amines is 1. The van der Waals surface area contributed by atoms with Gasteiger partial charge in [0.05, 0.1) is 4.90 Å². The van der Waals surface area contributed by atoms with Gasteiger partial charge in [-0.05, 0) is 43.5 Å². The lowest BCUT2D eigenvalue weighted by molar-refractivity contribution is 0.313. The molecule has 0 spiro atoms. The molecule has 1 N–H and O–H groups in total. The number of aromatic nitrogens is 3. The molecule has 6 nitrogen and oxygen atoms in total. The van der Waals surface area contributed by atoms with Gasteiger partial charge >= 0.3 is 0 Å². The van der Waals surface area contributed by atoms with Crippen molar-refractivity contribution in [2.45, 2.75) is 30.6 Å². The van der Waals surface area contributed by atoms with E-state index in [2.05, 4.69) is 15.2 Å². The Hall–Kier alpha value is -2.58. The SMILES string of the molecule is Cc1cc(F)ccc1S(=O)(=O)N1CCC(c2nc(-c3ccccc3)n[nH]2)CC1. The van der Waals surface area contributed by atoms with E-state index >= 15 is 0 Å². The summed E-state index contributed by atoms with van der Waals surface area (Å²) < 4.78 is 40.6. The molecule has 4 rings (SSSR count). The van der Waals surface area contributed by atoms with E-state index in [9.17, 15) is 12.8 Å². The molecule has 0 bridgehead atoms. The van der Waals surface area contributed by atoms with Crippen molar-refractivity contribution in [1.82, 2.24) is 19.5 Å². The first-order chi connectivity index (χ1) is 13.4. The highest BCUT2D eigenvalue weighted by Crippen LogP contribution is 2.30. The molecule has 1 fully saturated rings. The third-order valence-corrected chi connectivity index (χ3v) is 7.19. The molecule has 0 atom stereocenters. The summed E-state index contributed by atoms with van der Waals surface area (Å²) in [5, 5.41) is 7.30. The van der Waals surface area contributed by atoms with Crippen LogP contribution in [0.15, 0.2) is 53.4 Å². The molecule has 3 aromatic rings. The van der Waals surface area contributed by atoms with Gasteiger partial charge in [0.2, 0.25) is 10.0 Å². The summed E-state index contributed by atoms with van der Waals surface area (Å²) in [6, 6.07) is 13.5. The van der Waals surface area contributed by atoms with Crippen LogP contribution in [0.2, 0.25) is 0 Å². The molecule has 0 radical (unpaired) electrons. The van der Waals surface area contributed by atoms with Crippen LogP contribution in [0.4, 0.5) is 4.39 Å². The Bertz CT molecular complexity index is 1070. The topological polar surface area (TPSA) is 79.0 Å². The minimum Gasteiger partial charge on any atom is -0.262 e. The Morgan fingerprint density at radius 3 is 2.50 bits per heavy atom. The van der Waals surface area contributed by atoms with E-state index in [-0.39, 0.29) is 10.8 Å². The van der Waals surface area contributed by atoms with E-state index in [1.165, 1.54) is 22.5 Å². The summed E-state index contributed by atoms with van der Waals surface area (Å²) in [5.74, 6) is 1.13. The van der Waals surface area contributed by atoms with Crippen LogP contribution in [0.1, 0.15) is 30.1 Å². The first-order valence-corrected chi connectivity index (χ1v) is 10.6. The molecule has 0 unspecified atom stereocenters. The van der Waals surface area contributed by atoms with Crippen molar-refractivity contribution in [2.24, 2.45) is 0 Å². The minimum atomic E-state index is -3.63. The molecule has 8 heteroatoms. The Morgan fingerprint density at radius 1 is 1.11 bits per heavy atom. The van der Waals surface area contributed by atoms with Crippen molar-refractivity contribution in [3.63, 3.8) is 0 Å². The second-order valence-electron chi connectivity index (χ2n) is 7.00. The number of benzene rings is 2. The van der Waals surface area contributed by atoms with E-state index in [0.717, 1.165) is 11.4 Å². The first kappa shape index (κ1) is 18.8. The van der Waals surface area contributed by atoms with E-state index in [1.54, 1.807) is 6.92 Å². The van der Waals surface area contributed by atoms with Crippen molar-refractivity contribution in [3.8, 4) is 11.4 Å². The summed E-state index contributed by atoms with van der Waals surface area (Å²) in [7, 11) is -3.63. The van der Waals surface area contributed by atoms with Gasteiger partial charge in [-0.1, -0.05) is 30.3 Å². The van der Waals surface area contributed by atoms with Gasteiger partial charge in [0.15, 0.2) is 5.82 Å². The molecule has 2 heterocycles. The largest absolute Gasteiger partial charge is 0.262 e. The van der Waals surface area contributed by atoms with Crippen LogP contribution in [0.5, 0.6) is 0 Å². The van der Waals surface area contributed by atoms with E-state index in [1.807, 2.05) is 30.3 Å². The van der Waals surface area contributed by atoms with Gasteiger partial charge in [-0.2, -0.15) is 9.40 Å². The molecule has 0 saturated carbocycles. The fourth-order valence-electron chi connectivity index (χ4n) is 3.58. The zero-order chi connectivity index (χ0) is 19.7. The Labute approximate surface area is 163 Å². The zero-order valence-electron chi connectivity index (χ0n) is 15.5. The lowest BCUT2D eigenvalue weighted by Gasteiger charge is -2.30. The van der Waals surface area contributed by atoms with Crippen LogP contribution >= 0.6 is 0 Å². The van der Waals surface area contributed by atoms with E-state index < -0.39 is 15.8 Å². The molecule has 1 saturated heterocycles. The van der Waals surface area contributed by atoms with Gasteiger partial charge in [-0.25, -0.2) is 17.8 Å². The number of nitrogens with one attached hydrogen (secondary N) is 1. The maximum absolute atomic E-state index is 13.3. The number of aryl methyl sites for hydroxylation is 1. The molecule has 1 aliphatic heterocycles. The summed E-state index contributed by atoms with van der Waals surface area (Å²) in [6.45, 7) is 2.40. The molecule has 1 aliphatic rings. The second kappa shape index (κ2) is 7.44. The van der Waals surface area contributed by atoms with Crippen LogP contribution in [0, 0.1) is 12.7 Å². The standard InChI is InChI=1S/C20H21FN4O2S/c1-14-13-17(21)7-8-18(14)28(26,27)25-11-9-16(10-12-25)20-22-19(23-24-20)15-5-3-2-4-6-15/h2-8,13,16H,9-12H2,1H3,(H,22,23,24). The fourth-order valence-corrected chi connectivity index (χ4v) is 5.26. The smallest absolute Gasteiger partial charge is 0.243 e. The quantitative estimate of drug-likeness (QED) is 0.727. The average Bonchev–Trinajstić information content (AvgIpc) is 3.19. The number of H-pyrrole nitrogens is 1. The zero-order valence-corrected chi connectivity index (χ0v) is 16.3. The molecular formula is C20H21FN4O2S. The van der Waals surface area contributed by atoms with E-state index in [0.29, 0.717) is 37.3 Å². The van der Waals surface area contributed by atoms with Crippen molar-refractivity contribution in [1.29, 1.82) is 0 Å². The third kappa shape index (κ3) is 3.57. The number of halogens is 1. The average molecular weight is 400 g/mol. The maximum atomic E-state index is 13.3. The molecule has 2 aromatic carbocycles. The number of hydrogen-bond donors (Lipinski definition) is 1. The molecule has 0 aliphatic carbocycles. The molecule has 146 valence electrons. The van der Waals surface area contributed by atoms with Crippen molar-refractivity contribution < 1.29 is 12.8 Å². The van der Waals surface area contributed by atoms with Crippen LogP contribution in [0.3, 0.4) is 0 Å². The highest BCUT2D eigenvalue weighted by atomic mass is 32.2. The highest BCUT2D eigenvalue weighted by Gasteiger charge is 2.32. The summed E-state index contributed by atoms with van der Waals surface area (Å²) in [4.78, 5) is 4.76. The monoisotopic (exact) mass is 400 g/mol. The first-order valence-electron chi connectivity index (χ1n) is 9.19. The van der Waals surface area contributed by atoms with Crippen LogP contribution in [0.25, 0.3) is 11.4 Å². The minimum absolute atomic E-state index is 0.130. The summed E-state index contributed by atoms with van der Waals surface area (Å²) in [6.07, 6.45) is 1.31. The van der Waals surface area contributed by atoms with Gasteiger partial charge < -0.3 is 0 Å². The predicted molar refractivity (Wildman–Crippen MR) is 104 cm³/mol. The predicted octanol–water partition coefficient (Wildman–Crippen LogP) is 3.49. The lowest BCUT2D eigenvalue weighted by atomic mass is 9.97. The molecule has 1 aromatic heterocycles. The second-order valence-corrected chi connectivity index (χ2v) is 8.90. The summed E-state index contributed by atoms with van der Waals surface area (Å²) in [5.41, 5.74) is 1.36. The number of nitrogens with zero attached hydrogens (tertiary/aromatic N) is 3. The van der Waals surface area contributed by atoms with Crippen LogP contribution in [-0.4, -0.2) is 41.0 Å². The normalized spacial score (nSPS) is 16.4. The van der Waals surface area contributed by atoms with Crippen molar-refractivity contribution in [2.75, 3.05) is 13.1 Å². The third-order valence-electron chi connectivity index (χ3n) is 5.13. The maximum Gasteiger partial charge on any atom is 0.243 e. The number of hydrogen-bond acceptors (Lipinski definition) is 4. The van der Waals surface area contributed by atoms with Crippen LogP contribution < -0.4 is 0 Å². The lowest BCUT2D eigenvalue weighted by Crippen LogP contribution is -2.38. The Balaban J connectivity index is 1.47. The molecule has 28 heavy (non-hydrogen) atoms. The Morgan fingerprint density at radius 2 is 1.82 bits per heavy atom. The van der Waals surface area contributed by atoms with Crippen LogP contribution in [-0.2, 0) is 10.0 Å². The van der Waals surface area contributed by atoms with Crippen molar-refractivity contribution >= 4 is 10.0 Å². The molecular weight excluding hydrogens is 379 g/mol. The van der Waals surface area contributed by atoms with Gasteiger partial charge in [0.1, 0.15) is 11.6 Å². The van der Waals surface area contributed by atoms with Gasteiger partial charge in [-0.15, -0.1) is 0 Å².